The van der Waals surface area contributed by atoms with Crippen LogP contribution in [0.4, 0.5) is 14.6 Å². The van der Waals surface area contributed by atoms with Crippen molar-refractivity contribution in [3.8, 4) is 11.5 Å². The normalized spacial score (nSPS) is 10.4. The van der Waals surface area contributed by atoms with Crippen molar-refractivity contribution in [2.45, 2.75) is 13.5 Å². The number of methoxy groups -OCH3 is 1. The molecule has 2 N–H and O–H groups in total. The van der Waals surface area contributed by atoms with E-state index in [1.54, 1.807) is 0 Å². The minimum atomic E-state index is -2.89. The van der Waals surface area contributed by atoms with E-state index in [0.29, 0.717) is 5.69 Å². The molecular weight excluding hydrogens is 194 g/mol. The Morgan fingerprint density at radius 1 is 1.43 bits per heavy atom. The second-order valence-electron chi connectivity index (χ2n) is 2.54. The standard InChI is InChI=1S/C8H10F2N2O2/c1-4-5(14-8(9)10)3-6(13-2)7(11)12-4/h3,8H,1-2H3,(H2,11,12). The van der Waals surface area contributed by atoms with Gasteiger partial charge in [0.1, 0.15) is 0 Å². The molecule has 0 saturated heterocycles. The van der Waals surface area contributed by atoms with Gasteiger partial charge in [-0.05, 0) is 6.92 Å². The van der Waals surface area contributed by atoms with Crippen LogP contribution in [0.25, 0.3) is 0 Å². The van der Waals surface area contributed by atoms with Crippen molar-refractivity contribution in [2.24, 2.45) is 0 Å². The summed E-state index contributed by atoms with van der Waals surface area (Å²) in [7, 11) is 1.37. The van der Waals surface area contributed by atoms with Crippen LogP contribution >= 0.6 is 0 Å². The molecule has 0 amide bonds. The molecule has 0 radical (unpaired) electrons. The first-order chi connectivity index (χ1) is 6.54. The zero-order valence-electron chi connectivity index (χ0n) is 7.75. The molecule has 0 unspecified atom stereocenters. The van der Waals surface area contributed by atoms with Crippen LogP contribution in [0.5, 0.6) is 11.5 Å². The molecule has 0 aliphatic rings. The second kappa shape index (κ2) is 4.08. The van der Waals surface area contributed by atoms with Crippen LogP contribution in [0.2, 0.25) is 0 Å². The molecule has 0 bridgehead atoms. The zero-order valence-corrected chi connectivity index (χ0v) is 7.75. The summed E-state index contributed by atoms with van der Waals surface area (Å²) < 4.78 is 32.9. The topological polar surface area (TPSA) is 57.4 Å². The van der Waals surface area contributed by atoms with E-state index in [2.05, 4.69) is 9.72 Å². The van der Waals surface area contributed by atoms with Gasteiger partial charge in [0.15, 0.2) is 17.3 Å². The number of hydrogen-bond acceptors (Lipinski definition) is 4. The van der Waals surface area contributed by atoms with Crippen molar-refractivity contribution >= 4 is 5.82 Å². The fourth-order valence-corrected chi connectivity index (χ4v) is 0.967. The summed E-state index contributed by atoms with van der Waals surface area (Å²) in [6.45, 7) is -1.36. The molecule has 1 aromatic heterocycles. The molecule has 0 saturated carbocycles. The third kappa shape index (κ3) is 2.21. The van der Waals surface area contributed by atoms with E-state index >= 15 is 0 Å². The Bertz CT molecular complexity index is 331. The lowest BCUT2D eigenvalue weighted by Gasteiger charge is -2.10. The van der Waals surface area contributed by atoms with Crippen molar-refractivity contribution in [1.29, 1.82) is 0 Å². The maximum atomic E-state index is 11.9. The van der Waals surface area contributed by atoms with E-state index in [4.69, 9.17) is 10.5 Å². The summed E-state index contributed by atoms with van der Waals surface area (Å²) in [5.41, 5.74) is 5.75. The maximum absolute atomic E-state index is 11.9. The zero-order chi connectivity index (χ0) is 10.7. The fraction of sp³-hybridized carbons (Fsp3) is 0.375. The number of nitrogen functional groups attached to an aromatic ring is 1. The van der Waals surface area contributed by atoms with E-state index < -0.39 is 6.61 Å². The predicted molar refractivity (Wildman–Crippen MR) is 46.6 cm³/mol. The number of aromatic nitrogens is 1. The highest BCUT2D eigenvalue weighted by Gasteiger charge is 2.12. The molecule has 0 aliphatic heterocycles. The van der Waals surface area contributed by atoms with E-state index in [-0.39, 0.29) is 17.3 Å². The summed E-state index contributed by atoms with van der Waals surface area (Å²) >= 11 is 0. The highest BCUT2D eigenvalue weighted by Crippen LogP contribution is 2.28. The Kier molecular flexibility index (Phi) is 3.06. The van der Waals surface area contributed by atoms with Crippen LogP contribution in [0.1, 0.15) is 5.69 Å². The number of nitrogens with two attached hydrogens (primary N) is 1. The second-order valence-corrected chi connectivity index (χ2v) is 2.54. The van der Waals surface area contributed by atoms with Gasteiger partial charge in [-0.3, -0.25) is 0 Å². The molecule has 0 aromatic carbocycles. The summed E-state index contributed by atoms with van der Waals surface area (Å²) in [4.78, 5) is 3.79. The van der Waals surface area contributed by atoms with Gasteiger partial charge in [0.25, 0.3) is 0 Å². The largest absolute Gasteiger partial charge is 0.493 e. The van der Waals surface area contributed by atoms with Gasteiger partial charge < -0.3 is 15.2 Å². The number of ether oxygens (including phenoxy) is 2. The Morgan fingerprint density at radius 3 is 2.57 bits per heavy atom. The number of nitrogens with zero attached hydrogens (tertiary/aromatic N) is 1. The Hall–Kier alpha value is -1.59. The van der Waals surface area contributed by atoms with E-state index in [1.165, 1.54) is 20.1 Å². The monoisotopic (exact) mass is 204 g/mol. The van der Waals surface area contributed by atoms with Crippen LogP contribution < -0.4 is 15.2 Å². The van der Waals surface area contributed by atoms with Gasteiger partial charge in [-0.2, -0.15) is 8.78 Å². The quantitative estimate of drug-likeness (QED) is 0.812. The lowest BCUT2D eigenvalue weighted by atomic mass is 10.3. The first kappa shape index (κ1) is 10.5. The van der Waals surface area contributed by atoms with Crippen LogP contribution in [-0.2, 0) is 0 Å². The molecule has 0 atom stereocenters. The van der Waals surface area contributed by atoms with Gasteiger partial charge in [-0.25, -0.2) is 4.98 Å². The maximum Gasteiger partial charge on any atom is 0.387 e. The van der Waals surface area contributed by atoms with Crippen molar-refractivity contribution in [3.63, 3.8) is 0 Å². The fourth-order valence-electron chi connectivity index (χ4n) is 0.967. The summed E-state index contributed by atoms with van der Waals surface area (Å²) in [6.07, 6.45) is 0. The number of hydrogen-bond donors (Lipinski definition) is 1. The molecule has 1 aromatic rings. The van der Waals surface area contributed by atoms with E-state index in [0.717, 1.165) is 0 Å². The van der Waals surface area contributed by atoms with Crippen molar-refractivity contribution < 1.29 is 18.3 Å². The molecule has 0 fully saturated rings. The molecule has 6 heteroatoms. The number of pyridine rings is 1. The molecular formula is C8H10F2N2O2. The summed E-state index contributed by atoms with van der Waals surface area (Å²) in [5, 5.41) is 0. The van der Waals surface area contributed by atoms with Crippen LogP contribution in [-0.4, -0.2) is 18.7 Å². The van der Waals surface area contributed by atoms with Gasteiger partial charge in [-0.1, -0.05) is 0 Å². The first-order valence-electron chi connectivity index (χ1n) is 3.80. The average molecular weight is 204 g/mol. The van der Waals surface area contributed by atoms with Gasteiger partial charge in [0.05, 0.1) is 12.8 Å². The third-order valence-electron chi connectivity index (χ3n) is 1.60. The van der Waals surface area contributed by atoms with Crippen molar-refractivity contribution in [3.05, 3.63) is 11.8 Å². The SMILES string of the molecule is COc1cc(OC(F)F)c(C)nc1N. The van der Waals surface area contributed by atoms with Crippen LogP contribution in [0, 0.1) is 6.92 Å². The number of halogens is 2. The Labute approximate surface area is 79.6 Å². The molecule has 14 heavy (non-hydrogen) atoms. The molecule has 78 valence electrons. The summed E-state index contributed by atoms with van der Waals surface area (Å²) in [5.74, 6) is 0.323. The van der Waals surface area contributed by atoms with E-state index in [1.807, 2.05) is 0 Å². The minimum Gasteiger partial charge on any atom is -0.493 e. The van der Waals surface area contributed by atoms with Crippen molar-refractivity contribution in [1.82, 2.24) is 4.98 Å². The summed E-state index contributed by atoms with van der Waals surface area (Å²) in [6, 6.07) is 1.28. The minimum absolute atomic E-state index is 0.0361. The highest BCUT2D eigenvalue weighted by molar-refractivity contribution is 5.51. The first-order valence-corrected chi connectivity index (χ1v) is 3.80. The highest BCUT2D eigenvalue weighted by atomic mass is 19.3. The van der Waals surface area contributed by atoms with Gasteiger partial charge >= 0.3 is 6.61 Å². The van der Waals surface area contributed by atoms with Gasteiger partial charge in [-0.15, -0.1) is 0 Å². The van der Waals surface area contributed by atoms with Gasteiger partial charge in [0, 0.05) is 6.07 Å². The number of alkyl halides is 2. The third-order valence-corrected chi connectivity index (χ3v) is 1.60. The lowest BCUT2D eigenvalue weighted by molar-refractivity contribution is -0.0506. The smallest absolute Gasteiger partial charge is 0.387 e. The molecule has 0 spiro atoms. The molecule has 1 rings (SSSR count). The average Bonchev–Trinajstić information content (AvgIpc) is 2.09. The number of rotatable bonds is 3. The van der Waals surface area contributed by atoms with Crippen LogP contribution in [0.15, 0.2) is 6.07 Å². The number of aryl methyl sites for hydroxylation is 1. The van der Waals surface area contributed by atoms with E-state index in [9.17, 15) is 8.78 Å². The lowest BCUT2D eigenvalue weighted by Crippen LogP contribution is -2.06. The predicted octanol–water partition coefficient (Wildman–Crippen LogP) is 1.58. The molecule has 0 aliphatic carbocycles. The molecule has 1 heterocycles. The molecule has 4 nitrogen and oxygen atoms in total. The van der Waals surface area contributed by atoms with Crippen LogP contribution in [0.3, 0.4) is 0 Å². The Balaban J connectivity index is 3.04. The van der Waals surface area contributed by atoms with Gasteiger partial charge in [0.2, 0.25) is 0 Å². The van der Waals surface area contributed by atoms with Crippen molar-refractivity contribution in [2.75, 3.05) is 12.8 Å². The number of anilines is 1. The Morgan fingerprint density at radius 2 is 2.07 bits per heavy atom.